The summed E-state index contributed by atoms with van der Waals surface area (Å²) < 4.78 is 6.07. The van der Waals surface area contributed by atoms with Gasteiger partial charge in [-0.05, 0) is 43.9 Å². The van der Waals surface area contributed by atoms with Crippen molar-refractivity contribution in [2.45, 2.75) is 46.0 Å². The molecule has 1 saturated carbocycles. The van der Waals surface area contributed by atoms with Gasteiger partial charge in [-0.1, -0.05) is 31.4 Å². The monoisotopic (exact) mass is 247 g/mol. The predicted octanol–water partition coefficient (Wildman–Crippen LogP) is 3.59. The molecule has 0 aromatic heterocycles. The van der Waals surface area contributed by atoms with Gasteiger partial charge in [-0.3, -0.25) is 0 Å². The van der Waals surface area contributed by atoms with Crippen LogP contribution in [0.3, 0.4) is 0 Å². The molecule has 0 aliphatic heterocycles. The van der Waals surface area contributed by atoms with Crippen molar-refractivity contribution in [2.24, 2.45) is 11.1 Å². The van der Waals surface area contributed by atoms with Crippen LogP contribution in [0.2, 0.25) is 0 Å². The number of aryl methyl sites for hydroxylation is 1. The number of rotatable bonds is 4. The largest absolute Gasteiger partial charge is 0.493 e. The Morgan fingerprint density at radius 1 is 1.17 bits per heavy atom. The van der Waals surface area contributed by atoms with E-state index in [1.54, 1.807) is 0 Å². The molecule has 1 aliphatic carbocycles. The van der Waals surface area contributed by atoms with E-state index in [2.05, 4.69) is 32.0 Å². The van der Waals surface area contributed by atoms with Gasteiger partial charge in [0.05, 0.1) is 6.61 Å². The van der Waals surface area contributed by atoms with Crippen molar-refractivity contribution in [3.63, 3.8) is 0 Å². The van der Waals surface area contributed by atoms with Crippen molar-refractivity contribution >= 4 is 0 Å². The average Bonchev–Trinajstić information content (AvgIpc) is 2.41. The SMILES string of the molecule is Cc1cccc(OCC2(CN)CCCCC2)c1C. The van der Waals surface area contributed by atoms with E-state index in [1.807, 2.05) is 0 Å². The maximum atomic E-state index is 6.07. The first-order valence-electron chi connectivity index (χ1n) is 7.06. The summed E-state index contributed by atoms with van der Waals surface area (Å²) in [4.78, 5) is 0. The summed E-state index contributed by atoms with van der Waals surface area (Å²) in [7, 11) is 0. The highest BCUT2D eigenvalue weighted by Crippen LogP contribution is 2.36. The van der Waals surface area contributed by atoms with Gasteiger partial charge >= 0.3 is 0 Å². The minimum Gasteiger partial charge on any atom is -0.493 e. The molecule has 2 N–H and O–H groups in total. The lowest BCUT2D eigenvalue weighted by atomic mass is 9.75. The molecular weight excluding hydrogens is 222 g/mol. The number of hydrogen-bond acceptors (Lipinski definition) is 2. The summed E-state index contributed by atoms with van der Waals surface area (Å²) in [6.07, 6.45) is 6.38. The fraction of sp³-hybridized carbons (Fsp3) is 0.625. The first kappa shape index (κ1) is 13.4. The Morgan fingerprint density at radius 2 is 1.89 bits per heavy atom. The lowest BCUT2D eigenvalue weighted by molar-refractivity contribution is 0.105. The van der Waals surface area contributed by atoms with Crippen LogP contribution < -0.4 is 10.5 Å². The second-order valence-electron chi connectivity index (χ2n) is 5.75. The lowest BCUT2D eigenvalue weighted by Crippen LogP contribution is -2.38. The van der Waals surface area contributed by atoms with Crippen molar-refractivity contribution in [3.05, 3.63) is 29.3 Å². The van der Waals surface area contributed by atoms with Gasteiger partial charge in [0.1, 0.15) is 5.75 Å². The maximum absolute atomic E-state index is 6.07. The van der Waals surface area contributed by atoms with Gasteiger partial charge in [0.2, 0.25) is 0 Å². The van der Waals surface area contributed by atoms with Crippen LogP contribution in [-0.2, 0) is 0 Å². The predicted molar refractivity (Wildman–Crippen MR) is 76.0 cm³/mol. The minimum absolute atomic E-state index is 0.217. The Kier molecular flexibility index (Phi) is 4.28. The molecule has 100 valence electrons. The normalized spacial score (nSPS) is 18.6. The van der Waals surface area contributed by atoms with Crippen LogP contribution >= 0.6 is 0 Å². The first-order chi connectivity index (χ1) is 8.67. The lowest BCUT2D eigenvalue weighted by Gasteiger charge is -2.36. The molecular formula is C16H25NO. The zero-order valence-electron chi connectivity index (χ0n) is 11.7. The van der Waals surface area contributed by atoms with Crippen molar-refractivity contribution in [3.8, 4) is 5.75 Å². The number of hydrogen-bond donors (Lipinski definition) is 1. The van der Waals surface area contributed by atoms with Gasteiger partial charge in [0.15, 0.2) is 0 Å². The van der Waals surface area contributed by atoms with Crippen molar-refractivity contribution in [1.82, 2.24) is 0 Å². The van der Waals surface area contributed by atoms with Crippen LogP contribution in [0.25, 0.3) is 0 Å². The zero-order valence-corrected chi connectivity index (χ0v) is 11.7. The molecule has 18 heavy (non-hydrogen) atoms. The van der Waals surface area contributed by atoms with E-state index in [0.717, 1.165) is 18.9 Å². The summed E-state index contributed by atoms with van der Waals surface area (Å²) in [5, 5.41) is 0. The average molecular weight is 247 g/mol. The van der Waals surface area contributed by atoms with E-state index < -0.39 is 0 Å². The Labute approximate surface area is 111 Å². The molecule has 1 aromatic carbocycles. The molecule has 2 nitrogen and oxygen atoms in total. The second-order valence-corrected chi connectivity index (χ2v) is 5.75. The van der Waals surface area contributed by atoms with Gasteiger partial charge in [0, 0.05) is 12.0 Å². The second kappa shape index (κ2) is 5.75. The van der Waals surface area contributed by atoms with Crippen LogP contribution in [0.5, 0.6) is 5.75 Å². The summed E-state index contributed by atoms with van der Waals surface area (Å²) in [6, 6.07) is 6.25. The van der Waals surface area contributed by atoms with E-state index in [1.165, 1.54) is 43.2 Å². The fourth-order valence-electron chi connectivity index (χ4n) is 2.82. The van der Waals surface area contributed by atoms with Gasteiger partial charge < -0.3 is 10.5 Å². The molecule has 1 fully saturated rings. The van der Waals surface area contributed by atoms with Crippen LogP contribution in [0.1, 0.15) is 43.2 Å². The van der Waals surface area contributed by atoms with Gasteiger partial charge in [0.25, 0.3) is 0 Å². The molecule has 2 heteroatoms. The molecule has 0 amide bonds. The fourth-order valence-corrected chi connectivity index (χ4v) is 2.82. The third-order valence-corrected chi connectivity index (χ3v) is 4.44. The van der Waals surface area contributed by atoms with E-state index in [9.17, 15) is 0 Å². The van der Waals surface area contributed by atoms with E-state index >= 15 is 0 Å². The molecule has 0 spiro atoms. The summed E-state index contributed by atoms with van der Waals surface area (Å²) >= 11 is 0. The van der Waals surface area contributed by atoms with Gasteiger partial charge in [-0.25, -0.2) is 0 Å². The number of nitrogens with two attached hydrogens (primary N) is 1. The third kappa shape index (κ3) is 2.86. The summed E-state index contributed by atoms with van der Waals surface area (Å²) in [6.45, 7) is 5.77. The molecule has 0 atom stereocenters. The highest BCUT2D eigenvalue weighted by atomic mass is 16.5. The molecule has 0 saturated heterocycles. The Morgan fingerprint density at radius 3 is 2.56 bits per heavy atom. The molecule has 0 unspecified atom stereocenters. The van der Waals surface area contributed by atoms with Crippen LogP contribution in [-0.4, -0.2) is 13.2 Å². The Bertz CT molecular complexity index is 394. The smallest absolute Gasteiger partial charge is 0.122 e. The molecule has 0 radical (unpaired) electrons. The van der Waals surface area contributed by atoms with E-state index in [4.69, 9.17) is 10.5 Å². The van der Waals surface area contributed by atoms with Crippen LogP contribution in [0, 0.1) is 19.3 Å². The van der Waals surface area contributed by atoms with E-state index in [-0.39, 0.29) is 5.41 Å². The van der Waals surface area contributed by atoms with Crippen LogP contribution in [0.15, 0.2) is 18.2 Å². The molecule has 0 heterocycles. The quantitative estimate of drug-likeness (QED) is 0.882. The Balaban J connectivity index is 2.03. The molecule has 1 aromatic rings. The number of ether oxygens (including phenoxy) is 1. The summed E-state index contributed by atoms with van der Waals surface area (Å²) in [5.41, 5.74) is 8.75. The molecule has 1 aliphatic rings. The van der Waals surface area contributed by atoms with Crippen LogP contribution in [0.4, 0.5) is 0 Å². The maximum Gasteiger partial charge on any atom is 0.122 e. The van der Waals surface area contributed by atoms with Crippen molar-refractivity contribution < 1.29 is 4.74 Å². The Hall–Kier alpha value is -1.02. The highest BCUT2D eigenvalue weighted by molar-refractivity contribution is 5.38. The molecule has 2 rings (SSSR count). The van der Waals surface area contributed by atoms with Crippen molar-refractivity contribution in [2.75, 3.05) is 13.2 Å². The zero-order chi connectivity index (χ0) is 13.0. The van der Waals surface area contributed by atoms with E-state index in [0.29, 0.717) is 0 Å². The van der Waals surface area contributed by atoms with Gasteiger partial charge in [-0.15, -0.1) is 0 Å². The number of benzene rings is 1. The summed E-state index contributed by atoms with van der Waals surface area (Å²) in [5.74, 6) is 1.02. The topological polar surface area (TPSA) is 35.2 Å². The van der Waals surface area contributed by atoms with Gasteiger partial charge in [-0.2, -0.15) is 0 Å². The first-order valence-corrected chi connectivity index (χ1v) is 7.06. The molecule has 0 bridgehead atoms. The standard InChI is InChI=1S/C16H25NO/c1-13-7-6-8-15(14(13)2)18-12-16(11-17)9-4-3-5-10-16/h6-8H,3-5,9-12,17H2,1-2H3. The third-order valence-electron chi connectivity index (χ3n) is 4.44. The minimum atomic E-state index is 0.217. The van der Waals surface area contributed by atoms with Crippen molar-refractivity contribution in [1.29, 1.82) is 0 Å². The highest BCUT2D eigenvalue weighted by Gasteiger charge is 2.31.